The molecule has 1 aromatic carbocycles. The Hall–Kier alpha value is -2.13. The second-order valence-electron chi connectivity index (χ2n) is 5.32. The first kappa shape index (κ1) is 19.2. The third-order valence-corrected chi connectivity index (χ3v) is 5.04. The minimum absolute atomic E-state index is 0.0994. The summed E-state index contributed by atoms with van der Waals surface area (Å²) in [6.45, 7) is 3.59. The van der Waals surface area contributed by atoms with Gasteiger partial charge in [-0.05, 0) is 26.0 Å². The number of ketones is 1. The number of ether oxygens (including phenoxy) is 2. The number of hydrogen-bond acceptors (Lipinski definition) is 6. The van der Waals surface area contributed by atoms with E-state index in [0.717, 1.165) is 13.0 Å². The van der Waals surface area contributed by atoms with Crippen LogP contribution in [0.25, 0.3) is 0 Å². The zero-order valence-corrected chi connectivity index (χ0v) is 15.1. The van der Waals surface area contributed by atoms with Crippen LogP contribution in [0.1, 0.15) is 26.3 Å². The summed E-state index contributed by atoms with van der Waals surface area (Å²) >= 11 is 5.99. The summed E-state index contributed by atoms with van der Waals surface area (Å²) in [6.07, 6.45) is 0. The summed E-state index contributed by atoms with van der Waals surface area (Å²) in [5, 5.41) is -0.0994. The Morgan fingerprint density at radius 1 is 1.44 bits per heavy atom. The molecule has 1 aliphatic heterocycles. The minimum atomic E-state index is -3.85. The van der Waals surface area contributed by atoms with Crippen LogP contribution in [-0.4, -0.2) is 25.9 Å². The van der Waals surface area contributed by atoms with Gasteiger partial charge in [-0.3, -0.25) is 14.3 Å². The molecule has 0 spiro atoms. The number of nitrogens with one attached hydrogen (secondary N) is 1. The van der Waals surface area contributed by atoms with E-state index in [1.54, 1.807) is 0 Å². The molecule has 25 heavy (non-hydrogen) atoms. The maximum atomic E-state index is 14.3. The number of Topliss-reactive ketones (excluding diaryl/α,β-unsaturated/α-hetero) is 1. The molecule has 1 heterocycles. The van der Waals surface area contributed by atoms with Gasteiger partial charge >= 0.3 is 5.97 Å². The fraction of sp³-hybridized carbons (Fsp3) is 0.333. The van der Waals surface area contributed by atoms with E-state index in [0.29, 0.717) is 0 Å². The third kappa shape index (κ3) is 3.62. The lowest BCUT2D eigenvalue weighted by atomic mass is 9.91. The van der Waals surface area contributed by atoms with E-state index >= 15 is 0 Å². The normalized spacial score (nSPS) is 20.4. The Morgan fingerprint density at radius 3 is 2.60 bits per heavy atom. The van der Waals surface area contributed by atoms with Gasteiger partial charge < -0.3 is 9.47 Å². The maximum Gasteiger partial charge on any atom is 0.308 e. The number of esters is 1. The van der Waals surface area contributed by atoms with Crippen molar-refractivity contribution in [3.8, 4) is 0 Å². The van der Waals surface area contributed by atoms with Crippen LogP contribution in [0.5, 0.6) is 0 Å². The first-order valence-electron chi connectivity index (χ1n) is 7.13. The Bertz CT molecular complexity index is 862. The Labute approximate surface area is 148 Å². The van der Waals surface area contributed by atoms with Crippen molar-refractivity contribution in [3.63, 3.8) is 0 Å². The van der Waals surface area contributed by atoms with Crippen molar-refractivity contribution in [2.24, 2.45) is 0 Å². The SMILES string of the molecule is CCS(=O)(=O)NC1=C(OC(C)=O)C(=O)C(C)(c2c(F)cccc2Cl)O1. The molecule has 0 saturated heterocycles. The van der Waals surface area contributed by atoms with E-state index in [4.69, 9.17) is 21.1 Å². The van der Waals surface area contributed by atoms with E-state index in [2.05, 4.69) is 0 Å². The summed E-state index contributed by atoms with van der Waals surface area (Å²) in [5.74, 6) is -4.22. The molecule has 0 aromatic heterocycles. The van der Waals surface area contributed by atoms with Crippen LogP contribution in [0.3, 0.4) is 0 Å². The molecule has 1 N–H and O–H groups in total. The monoisotopic (exact) mass is 391 g/mol. The van der Waals surface area contributed by atoms with Gasteiger partial charge in [0.05, 0.1) is 16.3 Å². The summed E-state index contributed by atoms with van der Waals surface area (Å²) in [6, 6.07) is 3.76. The molecule has 1 aliphatic rings. The zero-order chi connectivity index (χ0) is 19.0. The Kier molecular flexibility index (Phi) is 5.10. The molecule has 10 heteroatoms. The molecule has 0 radical (unpaired) electrons. The summed E-state index contributed by atoms with van der Waals surface area (Å²) in [4.78, 5) is 24.0. The molecule has 1 unspecified atom stereocenters. The topological polar surface area (TPSA) is 98.8 Å². The van der Waals surface area contributed by atoms with Crippen molar-refractivity contribution >= 4 is 33.4 Å². The average Bonchev–Trinajstić information content (AvgIpc) is 2.71. The average molecular weight is 392 g/mol. The molecule has 136 valence electrons. The summed E-state index contributed by atoms with van der Waals surface area (Å²) in [5.41, 5.74) is -2.30. The Balaban J connectivity index is 2.57. The predicted octanol–water partition coefficient (Wildman–Crippen LogP) is 1.97. The largest absolute Gasteiger partial charge is 0.456 e. The fourth-order valence-electron chi connectivity index (χ4n) is 2.25. The van der Waals surface area contributed by atoms with Crippen LogP contribution in [0.2, 0.25) is 5.02 Å². The first-order valence-corrected chi connectivity index (χ1v) is 9.16. The molecular weight excluding hydrogens is 377 g/mol. The molecule has 0 aliphatic carbocycles. The lowest BCUT2D eigenvalue weighted by Crippen LogP contribution is -2.34. The van der Waals surface area contributed by atoms with E-state index < -0.39 is 44.8 Å². The van der Waals surface area contributed by atoms with Crippen molar-refractivity contribution in [2.75, 3.05) is 5.75 Å². The molecular formula is C15H15ClFNO6S. The maximum absolute atomic E-state index is 14.3. The van der Waals surface area contributed by atoms with E-state index in [-0.39, 0.29) is 16.3 Å². The van der Waals surface area contributed by atoms with E-state index in [9.17, 15) is 22.4 Å². The van der Waals surface area contributed by atoms with Crippen molar-refractivity contribution in [2.45, 2.75) is 26.4 Å². The van der Waals surface area contributed by atoms with Gasteiger partial charge in [0.2, 0.25) is 27.3 Å². The highest BCUT2D eigenvalue weighted by molar-refractivity contribution is 7.89. The molecule has 0 amide bonds. The second-order valence-corrected chi connectivity index (χ2v) is 7.74. The van der Waals surface area contributed by atoms with Gasteiger partial charge in [0.25, 0.3) is 5.78 Å². The lowest BCUT2D eigenvalue weighted by Gasteiger charge is -2.25. The van der Waals surface area contributed by atoms with Crippen molar-refractivity contribution in [3.05, 3.63) is 46.2 Å². The lowest BCUT2D eigenvalue weighted by molar-refractivity contribution is -0.142. The smallest absolute Gasteiger partial charge is 0.308 e. The van der Waals surface area contributed by atoms with Crippen LogP contribution in [-0.2, 0) is 34.7 Å². The van der Waals surface area contributed by atoms with Crippen LogP contribution >= 0.6 is 11.6 Å². The van der Waals surface area contributed by atoms with E-state index in [1.165, 1.54) is 26.0 Å². The highest BCUT2D eigenvalue weighted by atomic mass is 35.5. The first-order chi connectivity index (χ1) is 11.5. The molecule has 0 bridgehead atoms. The highest BCUT2D eigenvalue weighted by Crippen LogP contribution is 2.42. The number of rotatable bonds is 5. The third-order valence-electron chi connectivity index (χ3n) is 3.47. The van der Waals surface area contributed by atoms with Gasteiger partial charge in [-0.25, -0.2) is 12.8 Å². The molecule has 1 aromatic rings. The fourth-order valence-corrected chi connectivity index (χ4v) is 3.16. The number of benzene rings is 1. The molecule has 1 atom stereocenters. The van der Waals surface area contributed by atoms with Gasteiger partial charge in [-0.1, -0.05) is 17.7 Å². The molecule has 0 saturated carbocycles. The van der Waals surface area contributed by atoms with Gasteiger partial charge in [0, 0.05) is 6.92 Å². The van der Waals surface area contributed by atoms with Gasteiger partial charge in [0.15, 0.2) is 0 Å². The predicted molar refractivity (Wildman–Crippen MR) is 86.2 cm³/mol. The van der Waals surface area contributed by atoms with Gasteiger partial charge in [0.1, 0.15) is 5.82 Å². The molecule has 0 fully saturated rings. The molecule has 7 nitrogen and oxygen atoms in total. The minimum Gasteiger partial charge on any atom is -0.456 e. The van der Waals surface area contributed by atoms with Crippen molar-refractivity contribution < 1.29 is 31.9 Å². The number of hydrogen-bond donors (Lipinski definition) is 1. The van der Waals surface area contributed by atoms with Crippen LogP contribution < -0.4 is 4.72 Å². The number of carbonyl (C=O) groups excluding carboxylic acids is 2. The summed E-state index contributed by atoms with van der Waals surface area (Å²) < 4.78 is 50.1. The van der Waals surface area contributed by atoms with Gasteiger partial charge in [-0.15, -0.1) is 0 Å². The highest BCUT2D eigenvalue weighted by Gasteiger charge is 2.52. The molecule has 2 rings (SSSR count). The Morgan fingerprint density at radius 2 is 2.08 bits per heavy atom. The standard InChI is InChI=1S/C15H15ClFNO6S/c1-4-25(21,22)18-14-12(23-8(2)19)13(20)15(3,24-14)11-9(16)6-5-7-10(11)17/h5-7,18H,4H2,1-3H3. The zero-order valence-electron chi connectivity index (χ0n) is 13.6. The number of halogens is 2. The van der Waals surface area contributed by atoms with Crippen LogP contribution in [0.15, 0.2) is 29.8 Å². The van der Waals surface area contributed by atoms with Crippen molar-refractivity contribution in [1.82, 2.24) is 4.72 Å². The van der Waals surface area contributed by atoms with Crippen LogP contribution in [0, 0.1) is 5.82 Å². The number of carbonyl (C=O) groups is 2. The second kappa shape index (κ2) is 6.64. The summed E-state index contributed by atoms with van der Waals surface area (Å²) in [7, 11) is -3.85. The van der Waals surface area contributed by atoms with Crippen molar-refractivity contribution in [1.29, 1.82) is 0 Å². The van der Waals surface area contributed by atoms with E-state index in [1.807, 2.05) is 4.72 Å². The quantitative estimate of drug-likeness (QED) is 0.770. The number of sulfonamides is 1. The van der Waals surface area contributed by atoms with Gasteiger partial charge in [-0.2, -0.15) is 0 Å². The van der Waals surface area contributed by atoms with Crippen LogP contribution in [0.4, 0.5) is 4.39 Å².